The van der Waals surface area contributed by atoms with E-state index in [0.29, 0.717) is 46.0 Å². The highest BCUT2D eigenvalue weighted by molar-refractivity contribution is 8.01. The van der Waals surface area contributed by atoms with Crippen LogP contribution in [0.15, 0.2) is 21.8 Å². The summed E-state index contributed by atoms with van der Waals surface area (Å²) in [6, 6.07) is -0.833. The number of nitrogens with one attached hydrogen (secondary N) is 1. The van der Waals surface area contributed by atoms with Gasteiger partial charge >= 0.3 is 11.9 Å². The van der Waals surface area contributed by atoms with Crippen molar-refractivity contribution in [3.8, 4) is 0 Å². The van der Waals surface area contributed by atoms with Gasteiger partial charge in [-0.2, -0.15) is 0 Å². The van der Waals surface area contributed by atoms with Crippen LogP contribution in [-0.2, 0) is 41.6 Å². The Morgan fingerprint density at radius 3 is 2.59 bits per heavy atom. The van der Waals surface area contributed by atoms with Gasteiger partial charge in [0.05, 0.1) is 18.7 Å². The Bertz CT molecular complexity index is 1460. The Kier molecular flexibility index (Phi) is 17.6. The molecule has 2 aliphatic rings. The van der Waals surface area contributed by atoms with Gasteiger partial charge in [0.1, 0.15) is 17.1 Å². The van der Waals surface area contributed by atoms with Crippen molar-refractivity contribution in [1.29, 1.82) is 0 Å². The molecule has 20 heteroatoms. The number of unbranched alkanes of at least 4 members (excludes halogenated alkanes) is 3. The third kappa shape index (κ3) is 11.7. The molecule has 2 aromatic heterocycles. The number of nitrogens with two attached hydrogens (primary N) is 1. The molecule has 1 unspecified atom stereocenters. The second-order valence-electron chi connectivity index (χ2n) is 11.9. The minimum Gasteiger partial charge on any atom is -0.425 e. The summed E-state index contributed by atoms with van der Waals surface area (Å²) in [6.07, 6.45) is 2.74. The third-order valence-corrected chi connectivity index (χ3v) is 10.5. The predicted molar refractivity (Wildman–Crippen MR) is 193 cm³/mol. The fourth-order valence-corrected chi connectivity index (χ4v) is 7.76. The van der Waals surface area contributed by atoms with Crippen molar-refractivity contribution in [3.05, 3.63) is 22.3 Å². The number of amides is 2. The lowest BCUT2D eigenvalue weighted by molar-refractivity contribution is -0.195. The summed E-state index contributed by atoms with van der Waals surface area (Å²) >= 11 is 4.02. The van der Waals surface area contributed by atoms with Crippen LogP contribution < -0.4 is 11.1 Å². The van der Waals surface area contributed by atoms with Crippen molar-refractivity contribution in [1.82, 2.24) is 40.3 Å². The Hall–Kier alpha value is -2.64. The summed E-state index contributed by atoms with van der Waals surface area (Å²) in [5, 5.41) is 16.9. The first-order valence-corrected chi connectivity index (χ1v) is 18.5. The summed E-state index contributed by atoms with van der Waals surface area (Å²) in [7, 11) is 3.91. The van der Waals surface area contributed by atoms with Crippen LogP contribution in [-0.4, -0.2) is 109 Å². The molecule has 4 heterocycles. The molecule has 49 heavy (non-hydrogen) atoms. The van der Waals surface area contributed by atoms with E-state index in [2.05, 4.69) is 32.7 Å². The topological polar surface area (TPSA) is 188 Å². The van der Waals surface area contributed by atoms with E-state index in [9.17, 15) is 19.2 Å². The van der Waals surface area contributed by atoms with Gasteiger partial charge in [0.25, 0.3) is 5.91 Å². The van der Waals surface area contributed by atoms with Crippen molar-refractivity contribution in [2.75, 3.05) is 37.9 Å². The summed E-state index contributed by atoms with van der Waals surface area (Å²) in [6.45, 7) is 6.98. The molecule has 2 aliphatic heterocycles. The van der Waals surface area contributed by atoms with Crippen molar-refractivity contribution in [3.63, 3.8) is 0 Å². The molecule has 1 saturated heterocycles. The number of hydrogen-bond acceptors (Lipinski definition) is 15. The fraction of sp³-hybridized carbons (Fsp3) is 0.655. The zero-order chi connectivity index (χ0) is 34.1. The van der Waals surface area contributed by atoms with Crippen molar-refractivity contribution in [2.24, 2.45) is 5.92 Å². The highest BCUT2D eigenvalue weighted by Gasteiger charge is 2.54. The summed E-state index contributed by atoms with van der Waals surface area (Å²) in [5.41, 5.74) is 6.93. The maximum absolute atomic E-state index is 13.9. The Morgan fingerprint density at radius 2 is 1.94 bits per heavy atom. The second kappa shape index (κ2) is 20.3. The van der Waals surface area contributed by atoms with Crippen LogP contribution in [0.25, 0.3) is 0 Å². The molecule has 2 aromatic rings. The Labute approximate surface area is 311 Å². The van der Waals surface area contributed by atoms with Crippen LogP contribution in [0, 0.1) is 5.92 Å². The molecule has 274 valence electrons. The molecule has 0 saturated carbocycles. The number of ether oxygens (including phenoxy) is 2. The van der Waals surface area contributed by atoms with Gasteiger partial charge in [0, 0.05) is 35.8 Å². The molecular formula is C29H45Cl2N9O6S3. The van der Waals surface area contributed by atoms with Gasteiger partial charge in [0.2, 0.25) is 17.4 Å². The lowest BCUT2D eigenvalue weighted by Crippen LogP contribution is -2.70. The van der Waals surface area contributed by atoms with Crippen molar-refractivity contribution >= 4 is 88.6 Å². The van der Waals surface area contributed by atoms with E-state index in [1.165, 1.54) is 39.8 Å². The quantitative estimate of drug-likeness (QED) is 0.0738. The molecule has 0 radical (unpaired) electrons. The molecule has 4 rings (SSSR count). The second-order valence-corrected chi connectivity index (χ2v) is 14.8. The SMILES string of the molecule is CCCCCCC(=O)OC(OC(=O)C1=C(CSc2nnnn2CCN(C)C)CS[C@@H]2[C@H](NC(=O)Cc3csc(N)n3)C(=O)N12)C(C)C.Cl.Cl. The molecule has 3 N–H and O–H groups in total. The van der Waals surface area contributed by atoms with Crippen molar-refractivity contribution in [2.45, 2.75) is 88.7 Å². The van der Waals surface area contributed by atoms with E-state index in [-0.39, 0.29) is 55.2 Å². The number of anilines is 1. The van der Waals surface area contributed by atoms with E-state index in [1.54, 1.807) is 23.9 Å². The highest BCUT2D eigenvalue weighted by atomic mass is 35.5. The number of aromatic nitrogens is 5. The molecule has 3 atom stereocenters. The first-order chi connectivity index (χ1) is 22.5. The van der Waals surface area contributed by atoms with Gasteiger partial charge in [-0.3, -0.25) is 19.3 Å². The van der Waals surface area contributed by atoms with E-state index in [1.807, 2.05) is 19.0 Å². The zero-order valence-electron chi connectivity index (χ0n) is 28.2. The molecule has 15 nitrogen and oxygen atoms in total. The summed E-state index contributed by atoms with van der Waals surface area (Å²) in [5.74, 6) is -1.65. The van der Waals surface area contributed by atoms with Crippen LogP contribution in [0.1, 0.15) is 58.6 Å². The largest absolute Gasteiger partial charge is 0.425 e. The lowest BCUT2D eigenvalue weighted by Gasteiger charge is -2.49. The number of β-lactam (4-membered cyclic amide) rings is 1. The first-order valence-electron chi connectivity index (χ1n) is 15.6. The number of esters is 2. The van der Waals surface area contributed by atoms with Gasteiger partial charge in [0.15, 0.2) is 5.13 Å². The molecule has 0 aliphatic carbocycles. The van der Waals surface area contributed by atoms with Crippen molar-refractivity contribution < 1.29 is 28.7 Å². The molecule has 1 fully saturated rings. The number of nitrogen functional groups attached to an aromatic ring is 1. The number of likely N-dealkylation sites (N-methyl/N-ethyl adjacent to an activating group) is 1. The monoisotopic (exact) mass is 781 g/mol. The number of tetrazole rings is 1. The number of thiazole rings is 1. The predicted octanol–water partition coefficient (Wildman–Crippen LogP) is 3.14. The van der Waals surface area contributed by atoms with Crippen LogP contribution >= 0.6 is 59.7 Å². The number of rotatable bonds is 18. The number of thioether (sulfide) groups is 2. The number of nitrogens with zero attached hydrogens (tertiary/aromatic N) is 7. The minimum absolute atomic E-state index is 0. The van der Waals surface area contributed by atoms with Crippen LogP contribution in [0.2, 0.25) is 0 Å². The highest BCUT2D eigenvalue weighted by Crippen LogP contribution is 2.42. The van der Waals surface area contributed by atoms with E-state index in [4.69, 9.17) is 15.2 Å². The maximum Gasteiger partial charge on any atom is 0.358 e. The number of fused-ring (bicyclic) bond motifs is 1. The number of hydrogen-bond donors (Lipinski definition) is 2. The summed E-state index contributed by atoms with van der Waals surface area (Å²) < 4.78 is 13.1. The average molecular weight is 783 g/mol. The van der Waals surface area contributed by atoms with Gasteiger partial charge in [-0.15, -0.1) is 53.0 Å². The lowest BCUT2D eigenvalue weighted by atomic mass is 10.0. The van der Waals surface area contributed by atoms with Gasteiger partial charge in [-0.25, -0.2) is 14.5 Å². The van der Waals surface area contributed by atoms with Gasteiger partial charge in [-0.05, 0) is 36.5 Å². The maximum atomic E-state index is 13.9. The molecule has 0 bridgehead atoms. The van der Waals surface area contributed by atoms with E-state index < -0.39 is 35.6 Å². The zero-order valence-corrected chi connectivity index (χ0v) is 32.2. The van der Waals surface area contributed by atoms with Crippen LogP contribution in [0.3, 0.4) is 0 Å². The molecule has 0 aromatic carbocycles. The van der Waals surface area contributed by atoms with Crippen LogP contribution in [0.5, 0.6) is 0 Å². The molecule has 2 amide bonds. The fourth-order valence-electron chi connectivity index (χ4n) is 4.80. The molecule has 0 spiro atoms. The summed E-state index contributed by atoms with van der Waals surface area (Å²) in [4.78, 5) is 60.3. The Balaban J connectivity index is 0.00000417. The van der Waals surface area contributed by atoms with Gasteiger partial charge in [-0.1, -0.05) is 51.8 Å². The standard InChI is InChI=1S/C29H43N9O6S3.2ClH/c1-6-7-8-9-10-21(40)43-27(17(2)3)44-26(42)23-18(15-47-29-33-34-35-37(29)12-11-36(4)5)14-45-25-22(24(41)38(23)25)32-20(39)13-19-16-46-28(30)31-19;;/h16-17,22,25,27H,6-15H2,1-5H3,(H2,30,31)(H,32,39);2*1H/t22-,25-,27?;;/m1../s1. The third-order valence-electron chi connectivity index (χ3n) is 7.35. The van der Waals surface area contributed by atoms with Crippen LogP contribution in [0.4, 0.5) is 5.13 Å². The number of halogens is 2. The molecular weight excluding hydrogens is 737 g/mol. The average Bonchev–Trinajstić information content (AvgIpc) is 3.66. The van der Waals surface area contributed by atoms with Gasteiger partial charge < -0.3 is 25.4 Å². The number of carbonyl (C=O) groups is 4. The first kappa shape index (κ1) is 42.5. The Morgan fingerprint density at radius 1 is 1.18 bits per heavy atom. The van der Waals surface area contributed by atoms with E-state index >= 15 is 0 Å². The number of carbonyl (C=O) groups excluding carboxylic acids is 4. The minimum atomic E-state index is -1.13. The van der Waals surface area contributed by atoms with E-state index in [0.717, 1.165) is 25.8 Å². The smallest absolute Gasteiger partial charge is 0.358 e. The normalized spacial score (nSPS) is 17.5.